The van der Waals surface area contributed by atoms with Gasteiger partial charge in [-0.1, -0.05) is 18.2 Å². The van der Waals surface area contributed by atoms with Gasteiger partial charge in [-0.25, -0.2) is 0 Å². The Morgan fingerprint density at radius 3 is 3.00 bits per heavy atom. The molecule has 0 aliphatic heterocycles. The second-order valence-electron chi connectivity index (χ2n) is 5.02. The van der Waals surface area contributed by atoms with E-state index < -0.39 is 6.04 Å². The number of para-hydroxylation sites is 1. The number of nitrogens with two attached hydrogens (primary N) is 1. The van der Waals surface area contributed by atoms with E-state index in [1.165, 1.54) is 0 Å². The van der Waals surface area contributed by atoms with Crippen molar-refractivity contribution in [1.82, 2.24) is 10.3 Å². The Morgan fingerprint density at radius 2 is 2.19 bits per heavy atom. The first-order valence-corrected chi connectivity index (χ1v) is 6.83. The summed E-state index contributed by atoms with van der Waals surface area (Å²) in [6.45, 7) is 0.427. The second-order valence-corrected chi connectivity index (χ2v) is 5.02. The molecule has 0 aliphatic carbocycles. The number of H-pyrrole nitrogens is 1. The molecule has 1 atom stereocenters. The van der Waals surface area contributed by atoms with Gasteiger partial charge in [-0.05, 0) is 24.1 Å². The molecule has 0 spiro atoms. The molecule has 3 aromatic rings. The summed E-state index contributed by atoms with van der Waals surface area (Å²) in [4.78, 5) is 15.2. The van der Waals surface area contributed by atoms with E-state index in [1.807, 2.05) is 36.5 Å². The minimum absolute atomic E-state index is 0.165. The summed E-state index contributed by atoms with van der Waals surface area (Å²) in [6, 6.07) is 9.22. The summed E-state index contributed by atoms with van der Waals surface area (Å²) < 4.78 is 4.95. The van der Waals surface area contributed by atoms with E-state index in [4.69, 9.17) is 10.2 Å². The SMILES string of the molecule is N[C@H](Cc1c[nH]c2ccccc12)C(=O)NCc1ccoc1. The molecule has 1 aromatic carbocycles. The predicted octanol–water partition coefficient (Wildman–Crippen LogP) is 1.95. The average Bonchev–Trinajstić information content (AvgIpc) is 3.15. The van der Waals surface area contributed by atoms with Gasteiger partial charge >= 0.3 is 0 Å². The minimum atomic E-state index is -0.573. The Balaban J connectivity index is 1.62. The largest absolute Gasteiger partial charge is 0.472 e. The number of hydrogen-bond donors (Lipinski definition) is 3. The fraction of sp³-hybridized carbons (Fsp3) is 0.188. The average molecular weight is 283 g/mol. The Bertz CT molecular complexity index is 731. The summed E-state index contributed by atoms with van der Waals surface area (Å²) in [5, 5.41) is 3.92. The Kier molecular flexibility index (Phi) is 3.75. The van der Waals surface area contributed by atoms with Gasteiger partial charge in [0, 0.05) is 29.2 Å². The summed E-state index contributed by atoms with van der Waals surface area (Å²) in [5.74, 6) is -0.165. The standard InChI is InChI=1S/C16H17N3O2/c17-14(16(20)19-8-11-5-6-21-10-11)7-12-9-18-15-4-2-1-3-13(12)15/h1-6,9-10,14,18H,7-8,17H2,(H,19,20)/t14-/m1/s1. The Morgan fingerprint density at radius 1 is 1.33 bits per heavy atom. The molecule has 0 unspecified atom stereocenters. The van der Waals surface area contributed by atoms with Crippen molar-refractivity contribution in [3.8, 4) is 0 Å². The van der Waals surface area contributed by atoms with Crippen LogP contribution in [0, 0.1) is 0 Å². The maximum absolute atomic E-state index is 12.0. The summed E-state index contributed by atoms with van der Waals surface area (Å²) in [6.07, 6.45) is 5.59. The molecule has 0 fully saturated rings. The topological polar surface area (TPSA) is 84.0 Å². The number of carbonyl (C=O) groups excluding carboxylic acids is 1. The van der Waals surface area contributed by atoms with Gasteiger partial charge in [-0.2, -0.15) is 0 Å². The first-order valence-electron chi connectivity index (χ1n) is 6.83. The fourth-order valence-electron chi connectivity index (χ4n) is 2.34. The van der Waals surface area contributed by atoms with Crippen molar-refractivity contribution >= 4 is 16.8 Å². The van der Waals surface area contributed by atoms with E-state index in [9.17, 15) is 4.79 Å². The molecule has 3 rings (SSSR count). The molecule has 0 aliphatic rings. The fourth-order valence-corrected chi connectivity index (χ4v) is 2.34. The van der Waals surface area contributed by atoms with Gasteiger partial charge in [0.2, 0.25) is 5.91 Å². The lowest BCUT2D eigenvalue weighted by Gasteiger charge is -2.11. The zero-order chi connectivity index (χ0) is 14.7. The number of nitrogens with one attached hydrogen (secondary N) is 2. The molecule has 4 N–H and O–H groups in total. The quantitative estimate of drug-likeness (QED) is 0.669. The lowest BCUT2D eigenvalue weighted by Crippen LogP contribution is -2.41. The third-order valence-corrected chi connectivity index (χ3v) is 3.50. The number of aromatic nitrogens is 1. The molecule has 21 heavy (non-hydrogen) atoms. The van der Waals surface area contributed by atoms with Gasteiger partial charge in [0.1, 0.15) is 0 Å². The molecule has 0 saturated carbocycles. The lowest BCUT2D eigenvalue weighted by molar-refractivity contribution is -0.122. The lowest BCUT2D eigenvalue weighted by atomic mass is 10.1. The van der Waals surface area contributed by atoms with E-state index in [0.717, 1.165) is 22.0 Å². The van der Waals surface area contributed by atoms with Crippen molar-refractivity contribution in [2.45, 2.75) is 19.0 Å². The van der Waals surface area contributed by atoms with Crippen molar-refractivity contribution in [2.75, 3.05) is 0 Å². The van der Waals surface area contributed by atoms with Crippen LogP contribution in [0.3, 0.4) is 0 Å². The van der Waals surface area contributed by atoms with E-state index in [2.05, 4.69) is 10.3 Å². The first kappa shape index (κ1) is 13.5. The Hall–Kier alpha value is -2.53. The molecule has 0 saturated heterocycles. The molecule has 2 aromatic heterocycles. The highest BCUT2D eigenvalue weighted by Gasteiger charge is 2.16. The van der Waals surface area contributed by atoms with Crippen molar-refractivity contribution in [2.24, 2.45) is 5.73 Å². The molecule has 108 valence electrons. The van der Waals surface area contributed by atoms with Crippen LogP contribution in [0.15, 0.2) is 53.5 Å². The van der Waals surface area contributed by atoms with Gasteiger partial charge in [-0.15, -0.1) is 0 Å². The second kappa shape index (κ2) is 5.85. The highest BCUT2D eigenvalue weighted by atomic mass is 16.3. The molecule has 5 nitrogen and oxygen atoms in total. The number of benzene rings is 1. The van der Waals surface area contributed by atoms with Crippen LogP contribution in [0.5, 0.6) is 0 Å². The molecule has 0 bridgehead atoms. The zero-order valence-corrected chi connectivity index (χ0v) is 11.5. The molecule has 2 heterocycles. The van der Waals surface area contributed by atoms with Crippen LogP contribution in [0.4, 0.5) is 0 Å². The van der Waals surface area contributed by atoms with E-state index in [0.29, 0.717) is 13.0 Å². The third kappa shape index (κ3) is 2.98. The number of hydrogen-bond acceptors (Lipinski definition) is 3. The predicted molar refractivity (Wildman–Crippen MR) is 80.5 cm³/mol. The number of furan rings is 1. The van der Waals surface area contributed by atoms with Crippen LogP contribution >= 0.6 is 0 Å². The molecular formula is C16H17N3O2. The Labute approximate surface area is 122 Å². The van der Waals surface area contributed by atoms with Gasteiger partial charge in [0.15, 0.2) is 0 Å². The smallest absolute Gasteiger partial charge is 0.237 e. The van der Waals surface area contributed by atoms with Gasteiger partial charge in [0.25, 0.3) is 0 Å². The van der Waals surface area contributed by atoms with Gasteiger partial charge < -0.3 is 20.5 Å². The molecule has 1 amide bonds. The summed E-state index contributed by atoms with van der Waals surface area (Å²) in [5.41, 5.74) is 9.02. The van der Waals surface area contributed by atoms with Crippen molar-refractivity contribution in [3.63, 3.8) is 0 Å². The zero-order valence-electron chi connectivity index (χ0n) is 11.5. The number of carbonyl (C=O) groups is 1. The maximum atomic E-state index is 12.0. The third-order valence-electron chi connectivity index (χ3n) is 3.50. The van der Waals surface area contributed by atoms with Crippen LogP contribution < -0.4 is 11.1 Å². The van der Waals surface area contributed by atoms with E-state index in [-0.39, 0.29) is 5.91 Å². The highest BCUT2D eigenvalue weighted by molar-refractivity contribution is 5.86. The normalized spacial score (nSPS) is 12.4. The van der Waals surface area contributed by atoms with Crippen LogP contribution in [0.2, 0.25) is 0 Å². The number of aromatic amines is 1. The molecular weight excluding hydrogens is 266 g/mol. The highest BCUT2D eigenvalue weighted by Crippen LogP contribution is 2.18. The van der Waals surface area contributed by atoms with Crippen molar-refractivity contribution in [3.05, 3.63) is 60.2 Å². The summed E-state index contributed by atoms with van der Waals surface area (Å²) >= 11 is 0. The van der Waals surface area contributed by atoms with Gasteiger partial charge in [0.05, 0.1) is 18.6 Å². The van der Waals surface area contributed by atoms with Crippen LogP contribution in [0.25, 0.3) is 10.9 Å². The minimum Gasteiger partial charge on any atom is -0.472 e. The van der Waals surface area contributed by atoms with Crippen LogP contribution in [0.1, 0.15) is 11.1 Å². The number of fused-ring (bicyclic) bond motifs is 1. The van der Waals surface area contributed by atoms with Crippen molar-refractivity contribution < 1.29 is 9.21 Å². The van der Waals surface area contributed by atoms with Gasteiger partial charge in [-0.3, -0.25) is 4.79 Å². The van der Waals surface area contributed by atoms with Crippen LogP contribution in [-0.4, -0.2) is 16.9 Å². The monoisotopic (exact) mass is 283 g/mol. The van der Waals surface area contributed by atoms with E-state index >= 15 is 0 Å². The maximum Gasteiger partial charge on any atom is 0.237 e. The molecule has 5 heteroatoms. The number of amides is 1. The first-order chi connectivity index (χ1) is 10.2. The number of rotatable bonds is 5. The molecule has 0 radical (unpaired) electrons. The van der Waals surface area contributed by atoms with Crippen LogP contribution in [-0.2, 0) is 17.8 Å². The van der Waals surface area contributed by atoms with Crippen molar-refractivity contribution in [1.29, 1.82) is 0 Å². The van der Waals surface area contributed by atoms with E-state index in [1.54, 1.807) is 12.5 Å². The summed E-state index contributed by atoms with van der Waals surface area (Å²) in [7, 11) is 0.